The Morgan fingerprint density at radius 3 is 2.77 bits per heavy atom. The van der Waals surface area contributed by atoms with E-state index < -0.39 is 5.54 Å². The number of benzene rings is 2. The van der Waals surface area contributed by atoms with Crippen LogP contribution in [0.4, 0.5) is 0 Å². The molecule has 2 aromatic carbocycles. The monoisotopic (exact) mass is 467 g/mol. The Morgan fingerprint density at radius 1 is 1.17 bits per heavy atom. The van der Waals surface area contributed by atoms with Crippen LogP contribution in [-0.4, -0.2) is 51.8 Å². The van der Waals surface area contributed by atoms with Gasteiger partial charge in [0.25, 0.3) is 5.91 Å². The highest BCUT2D eigenvalue weighted by Crippen LogP contribution is 2.48. The van der Waals surface area contributed by atoms with Gasteiger partial charge in [0, 0.05) is 35.6 Å². The van der Waals surface area contributed by atoms with E-state index in [1.165, 1.54) is 0 Å². The van der Waals surface area contributed by atoms with Crippen molar-refractivity contribution in [3.63, 3.8) is 0 Å². The van der Waals surface area contributed by atoms with Crippen LogP contribution in [0.3, 0.4) is 0 Å². The Bertz CT molecular complexity index is 1390. The van der Waals surface area contributed by atoms with Gasteiger partial charge < -0.3 is 10.1 Å². The molecule has 7 heteroatoms. The van der Waals surface area contributed by atoms with Gasteiger partial charge in [-0.1, -0.05) is 12.1 Å². The summed E-state index contributed by atoms with van der Waals surface area (Å²) in [7, 11) is 2.11. The lowest BCUT2D eigenvalue weighted by molar-refractivity contribution is 0.0767. The molecule has 1 aliphatic heterocycles. The molecule has 2 aliphatic rings. The van der Waals surface area contributed by atoms with Crippen molar-refractivity contribution in [2.75, 3.05) is 20.2 Å². The smallest absolute Gasteiger partial charge is 0.252 e. The van der Waals surface area contributed by atoms with Crippen molar-refractivity contribution in [2.24, 2.45) is 0 Å². The number of pyridine rings is 1. The van der Waals surface area contributed by atoms with Gasteiger partial charge in [0.1, 0.15) is 12.4 Å². The highest BCUT2D eigenvalue weighted by Gasteiger charge is 2.47. The first-order chi connectivity index (χ1) is 17.0. The fourth-order valence-corrected chi connectivity index (χ4v) is 4.90. The Morgan fingerprint density at radius 2 is 2.06 bits per heavy atom. The van der Waals surface area contributed by atoms with Crippen molar-refractivity contribution in [1.29, 1.82) is 0 Å². The van der Waals surface area contributed by atoms with Crippen LogP contribution < -0.4 is 10.1 Å². The third-order valence-corrected chi connectivity index (χ3v) is 7.43. The van der Waals surface area contributed by atoms with Gasteiger partial charge in [-0.05, 0) is 87.3 Å². The highest BCUT2D eigenvalue weighted by atomic mass is 16.5. The van der Waals surface area contributed by atoms with E-state index in [9.17, 15) is 4.79 Å². The molecule has 0 unspecified atom stereocenters. The molecule has 4 aromatic rings. The van der Waals surface area contributed by atoms with Crippen molar-refractivity contribution in [2.45, 2.75) is 37.8 Å². The van der Waals surface area contributed by atoms with E-state index in [1.807, 2.05) is 54.2 Å². The summed E-state index contributed by atoms with van der Waals surface area (Å²) in [6, 6.07) is 16.3. The van der Waals surface area contributed by atoms with Gasteiger partial charge in [0.2, 0.25) is 0 Å². The number of likely N-dealkylation sites (N-methyl/N-ethyl adjacent to an activating group) is 1. The number of likely N-dealkylation sites (tertiary alicyclic amines) is 1. The van der Waals surface area contributed by atoms with Crippen LogP contribution in [0.2, 0.25) is 0 Å². The molecule has 0 bridgehead atoms. The molecule has 0 spiro atoms. The summed E-state index contributed by atoms with van der Waals surface area (Å²) in [4.78, 5) is 20.4. The van der Waals surface area contributed by atoms with Crippen LogP contribution in [0.1, 0.15) is 40.7 Å². The maximum absolute atomic E-state index is 13.5. The Hall–Kier alpha value is -3.71. The minimum Gasteiger partial charge on any atom is -0.492 e. The number of carbonyl (C=O) groups is 1. The average Bonchev–Trinajstić information content (AvgIpc) is 3.42. The second-order valence-electron chi connectivity index (χ2n) is 9.76. The highest BCUT2D eigenvalue weighted by molar-refractivity contribution is 5.97. The van der Waals surface area contributed by atoms with Crippen molar-refractivity contribution >= 4 is 16.8 Å². The quantitative estimate of drug-likeness (QED) is 0.440. The number of hydrogen-bond acceptors (Lipinski definition) is 5. The first-order valence-corrected chi connectivity index (χ1v) is 12.2. The van der Waals surface area contributed by atoms with Crippen molar-refractivity contribution in [1.82, 2.24) is 25.0 Å². The number of carbonyl (C=O) groups excluding carboxylic acids is 1. The number of fused-ring (bicyclic) bond motifs is 1. The number of rotatable bonds is 7. The SMILES string of the molecule is Cc1ccc(OC[C@@H]2CCN2C)cc1C(=O)NC1(c2cc(-n3cccn3)cc3ncccc23)CC1. The Kier molecular flexibility index (Phi) is 5.29. The van der Waals surface area contributed by atoms with Crippen LogP contribution in [0.25, 0.3) is 16.6 Å². The lowest BCUT2D eigenvalue weighted by Gasteiger charge is -2.37. The maximum Gasteiger partial charge on any atom is 0.252 e. The standard InChI is InChI=1S/C28H29N5O2/c1-19-6-7-22(35-18-20-8-14-32(20)2)17-24(19)27(34)31-28(9-10-28)25-15-21(33-13-4-12-30-33)16-26-23(25)5-3-11-29-26/h3-7,11-13,15-17,20H,8-10,14,18H2,1-2H3,(H,31,34)/t20-/m0/s1. The van der Waals surface area contributed by atoms with E-state index in [0.717, 1.165) is 59.3 Å². The van der Waals surface area contributed by atoms with E-state index in [2.05, 4.69) is 39.5 Å². The molecule has 1 amide bonds. The molecule has 7 nitrogen and oxygen atoms in total. The fourth-order valence-electron chi connectivity index (χ4n) is 4.90. The Labute approximate surface area is 204 Å². The molecule has 0 radical (unpaired) electrons. The molecular formula is C28H29N5O2. The van der Waals surface area contributed by atoms with Gasteiger partial charge in [-0.3, -0.25) is 14.7 Å². The van der Waals surface area contributed by atoms with Crippen LogP contribution in [-0.2, 0) is 5.54 Å². The molecule has 1 saturated carbocycles. The second-order valence-corrected chi connectivity index (χ2v) is 9.76. The first-order valence-electron chi connectivity index (χ1n) is 12.2. The molecule has 1 saturated heterocycles. The predicted octanol–water partition coefficient (Wildman–Crippen LogP) is 4.23. The largest absolute Gasteiger partial charge is 0.492 e. The molecule has 2 fully saturated rings. The molecule has 1 atom stereocenters. The van der Waals surface area contributed by atoms with Gasteiger partial charge in [-0.15, -0.1) is 0 Å². The van der Waals surface area contributed by atoms with E-state index in [4.69, 9.17) is 4.74 Å². The van der Waals surface area contributed by atoms with Crippen molar-refractivity contribution in [3.8, 4) is 11.4 Å². The van der Waals surface area contributed by atoms with Gasteiger partial charge in [0.15, 0.2) is 0 Å². The molecule has 178 valence electrons. The number of ether oxygens (including phenoxy) is 1. The van der Waals surface area contributed by atoms with E-state index in [-0.39, 0.29) is 5.91 Å². The third kappa shape index (κ3) is 4.06. The van der Waals surface area contributed by atoms with Crippen molar-refractivity contribution in [3.05, 3.63) is 83.8 Å². The van der Waals surface area contributed by atoms with Gasteiger partial charge in [-0.25, -0.2) is 4.68 Å². The summed E-state index contributed by atoms with van der Waals surface area (Å²) < 4.78 is 7.86. The lowest BCUT2D eigenvalue weighted by atomic mass is 9.97. The number of hydrogen-bond donors (Lipinski definition) is 1. The zero-order valence-corrected chi connectivity index (χ0v) is 20.1. The summed E-state index contributed by atoms with van der Waals surface area (Å²) in [5.74, 6) is 0.661. The minimum absolute atomic E-state index is 0.0762. The molecule has 1 aliphatic carbocycles. The number of aromatic nitrogens is 3. The molecule has 35 heavy (non-hydrogen) atoms. The summed E-state index contributed by atoms with van der Waals surface area (Å²) in [6.07, 6.45) is 8.40. The molecule has 6 rings (SSSR count). The summed E-state index contributed by atoms with van der Waals surface area (Å²) >= 11 is 0. The van der Waals surface area contributed by atoms with E-state index >= 15 is 0 Å². The fraction of sp³-hybridized carbons (Fsp3) is 0.321. The van der Waals surface area contributed by atoms with Gasteiger partial charge >= 0.3 is 0 Å². The Balaban J connectivity index is 1.29. The molecule has 3 heterocycles. The van der Waals surface area contributed by atoms with Crippen LogP contribution >= 0.6 is 0 Å². The zero-order valence-electron chi connectivity index (χ0n) is 20.1. The number of aryl methyl sites for hydroxylation is 1. The summed E-state index contributed by atoms with van der Waals surface area (Å²) in [5, 5.41) is 8.82. The molecular weight excluding hydrogens is 438 g/mol. The average molecular weight is 468 g/mol. The minimum atomic E-state index is -0.417. The summed E-state index contributed by atoms with van der Waals surface area (Å²) in [5.41, 5.74) is 4.08. The van der Waals surface area contributed by atoms with Crippen LogP contribution in [0.15, 0.2) is 67.1 Å². The van der Waals surface area contributed by atoms with Crippen LogP contribution in [0, 0.1) is 6.92 Å². The predicted molar refractivity (Wildman–Crippen MR) is 135 cm³/mol. The van der Waals surface area contributed by atoms with Crippen LogP contribution in [0.5, 0.6) is 5.75 Å². The number of nitrogens with one attached hydrogen (secondary N) is 1. The lowest BCUT2D eigenvalue weighted by Crippen LogP contribution is -2.48. The topological polar surface area (TPSA) is 72.3 Å². The normalized spacial score (nSPS) is 18.7. The van der Waals surface area contributed by atoms with E-state index in [0.29, 0.717) is 18.2 Å². The molecule has 1 N–H and O–H groups in total. The van der Waals surface area contributed by atoms with Crippen molar-refractivity contribution < 1.29 is 9.53 Å². The molecule has 2 aromatic heterocycles. The summed E-state index contributed by atoms with van der Waals surface area (Å²) in [6.45, 7) is 3.73. The second kappa shape index (κ2) is 8.50. The zero-order chi connectivity index (χ0) is 24.0. The van der Waals surface area contributed by atoms with Gasteiger partial charge in [0.05, 0.1) is 16.7 Å². The third-order valence-electron chi connectivity index (χ3n) is 7.43. The van der Waals surface area contributed by atoms with E-state index in [1.54, 1.807) is 12.4 Å². The van der Waals surface area contributed by atoms with Gasteiger partial charge in [-0.2, -0.15) is 5.10 Å². The first kappa shape index (κ1) is 21.8. The number of nitrogens with zero attached hydrogens (tertiary/aromatic N) is 4. The maximum atomic E-state index is 13.5. The number of amides is 1.